The standard InChI is InChI=1S/C15H22N4O2/c1-15(11-20-4,12-8-6-5-7-9-12)16-10-13-17-14(18-21-13)19(2)3/h5-9,16H,10-11H2,1-4H3/t15-/m0/s1. The molecule has 1 N–H and O–H groups in total. The molecule has 0 radical (unpaired) electrons. The number of aromatic nitrogens is 2. The van der Waals surface area contributed by atoms with E-state index in [1.54, 1.807) is 12.0 Å². The van der Waals surface area contributed by atoms with Crippen molar-refractivity contribution >= 4 is 5.95 Å². The van der Waals surface area contributed by atoms with Gasteiger partial charge in [-0.05, 0) is 17.6 Å². The van der Waals surface area contributed by atoms with E-state index in [-0.39, 0.29) is 5.54 Å². The van der Waals surface area contributed by atoms with Gasteiger partial charge in [-0.25, -0.2) is 0 Å². The fraction of sp³-hybridized carbons (Fsp3) is 0.467. The third kappa shape index (κ3) is 3.80. The molecule has 0 aliphatic rings. The largest absolute Gasteiger partial charge is 0.382 e. The highest BCUT2D eigenvalue weighted by molar-refractivity contribution is 5.25. The first kappa shape index (κ1) is 15.5. The molecule has 114 valence electrons. The summed E-state index contributed by atoms with van der Waals surface area (Å²) in [5.74, 6) is 1.12. The maximum atomic E-state index is 5.36. The van der Waals surface area contributed by atoms with Crippen LogP contribution in [-0.4, -0.2) is 38.0 Å². The van der Waals surface area contributed by atoms with Gasteiger partial charge in [-0.15, -0.1) is 0 Å². The third-order valence-electron chi connectivity index (χ3n) is 3.33. The summed E-state index contributed by atoms with van der Waals surface area (Å²) in [6, 6.07) is 10.2. The zero-order valence-corrected chi connectivity index (χ0v) is 13.0. The lowest BCUT2D eigenvalue weighted by atomic mass is 9.93. The molecule has 0 fully saturated rings. The minimum atomic E-state index is -0.317. The maximum Gasteiger partial charge on any atom is 0.265 e. The van der Waals surface area contributed by atoms with Crippen LogP contribution in [0.5, 0.6) is 0 Å². The molecule has 0 saturated carbocycles. The second-order valence-corrected chi connectivity index (χ2v) is 5.37. The van der Waals surface area contributed by atoms with Gasteiger partial charge in [0.25, 0.3) is 5.95 Å². The van der Waals surface area contributed by atoms with Crippen molar-refractivity contribution < 1.29 is 9.26 Å². The second-order valence-electron chi connectivity index (χ2n) is 5.37. The maximum absolute atomic E-state index is 5.36. The van der Waals surface area contributed by atoms with Gasteiger partial charge in [0.05, 0.1) is 18.7 Å². The molecule has 2 rings (SSSR count). The lowest BCUT2D eigenvalue weighted by molar-refractivity contribution is 0.114. The molecule has 0 spiro atoms. The average molecular weight is 290 g/mol. The molecule has 0 amide bonds. The van der Waals surface area contributed by atoms with E-state index < -0.39 is 0 Å². The van der Waals surface area contributed by atoms with Gasteiger partial charge in [0.2, 0.25) is 5.89 Å². The lowest BCUT2D eigenvalue weighted by Gasteiger charge is -2.30. The Morgan fingerprint density at radius 1 is 1.29 bits per heavy atom. The summed E-state index contributed by atoms with van der Waals surface area (Å²) in [4.78, 5) is 6.12. The Labute approximate surface area is 125 Å². The molecule has 1 aromatic carbocycles. The van der Waals surface area contributed by atoms with E-state index in [0.717, 1.165) is 5.56 Å². The Morgan fingerprint density at radius 3 is 2.57 bits per heavy atom. The monoisotopic (exact) mass is 290 g/mol. The normalized spacial score (nSPS) is 13.9. The van der Waals surface area contributed by atoms with Gasteiger partial charge >= 0.3 is 0 Å². The topological polar surface area (TPSA) is 63.4 Å². The zero-order valence-electron chi connectivity index (χ0n) is 13.0. The first-order valence-corrected chi connectivity index (χ1v) is 6.84. The van der Waals surface area contributed by atoms with Crippen molar-refractivity contribution in [3.8, 4) is 0 Å². The summed E-state index contributed by atoms with van der Waals surface area (Å²) in [6.07, 6.45) is 0. The molecule has 2 aromatic rings. The highest BCUT2D eigenvalue weighted by Gasteiger charge is 2.26. The van der Waals surface area contributed by atoms with E-state index in [1.165, 1.54) is 0 Å². The minimum Gasteiger partial charge on any atom is -0.382 e. The first-order valence-electron chi connectivity index (χ1n) is 6.84. The van der Waals surface area contributed by atoms with E-state index in [4.69, 9.17) is 9.26 Å². The fourth-order valence-electron chi connectivity index (χ4n) is 2.10. The SMILES string of the molecule is COC[C@](C)(NCc1nc(N(C)C)no1)c1ccccc1. The summed E-state index contributed by atoms with van der Waals surface area (Å²) in [5, 5.41) is 7.35. The predicted molar refractivity (Wildman–Crippen MR) is 81.1 cm³/mol. The molecule has 1 heterocycles. The van der Waals surface area contributed by atoms with Crippen molar-refractivity contribution in [1.29, 1.82) is 0 Å². The van der Waals surface area contributed by atoms with Gasteiger partial charge in [0.1, 0.15) is 0 Å². The molecule has 6 nitrogen and oxygen atoms in total. The molecule has 1 aromatic heterocycles. The van der Waals surface area contributed by atoms with Gasteiger partial charge in [0.15, 0.2) is 0 Å². The van der Waals surface area contributed by atoms with Gasteiger partial charge in [-0.1, -0.05) is 30.3 Å². The van der Waals surface area contributed by atoms with E-state index in [2.05, 4.69) is 34.5 Å². The minimum absolute atomic E-state index is 0.317. The highest BCUT2D eigenvalue weighted by atomic mass is 16.5. The van der Waals surface area contributed by atoms with Crippen LogP contribution in [0.3, 0.4) is 0 Å². The van der Waals surface area contributed by atoms with Crippen molar-refractivity contribution in [3.05, 3.63) is 41.8 Å². The Kier molecular flexibility index (Phi) is 4.93. The van der Waals surface area contributed by atoms with E-state index in [0.29, 0.717) is 25.0 Å². The summed E-state index contributed by atoms with van der Waals surface area (Å²) in [5.41, 5.74) is 0.835. The predicted octanol–water partition coefficient (Wildman–Crippen LogP) is 1.79. The summed E-state index contributed by atoms with van der Waals surface area (Å²) < 4.78 is 10.6. The number of nitrogens with zero attached hydrogens (tertiary/aromatic N) is 3. The zero-order chi connectivity index (χ0) is 15.3. The fourth-order valence-corrected chi connectivity index (χ4v) is 2.10. The van der Waals surface area contributed by atoms with Gasteiger partial charge in [-0.3, -0.25) is 5.32 Å². The molecular formula is C15H22N4O2. The molecular weight excluding hydrogens is 268 g/mol. The van der Waals surface area contributed by atoms with Crippen LogP contribution < -0.4 is 10.2 Å². The van der Waals surface area contributed by atoms with Crippen molar-refractivity contribution in [1.82, 2.24) is 15.5 Å². The molecule has 0 saturated heterocycles. The summed E-state index contributed by atoms with van der Waals surface area (Å²) >= 11 is 0. The number of nitrogens with one attached hydrogen (secondary N) is 1. The Morgan fingerprint density at radius 2 is 2.00 bits per heavy atom. The van der Waals surface area contributed by atoms with Gasteiger partial charge in [0, 0.05) is 21.2 Å². The molecule has 0 bridgehead atoms. The quantitative estimate of drug-likeness (QED) is 0.838. The van der Waals surface area contributed by atoms with Crippen LogP contribution in [-0.2, 0) is 16.8 Å². The van der Waals surface area contributed by atoms with E-state index in [9.17, 15) is 0 Å². The van der Waals surface area contributed by atoms with Crippen molar-refractivity contribution in [2.75, 3.05) is 32.7 Å². The number of anilines is 1. The van der Waals surface area contributed by atoms with Crippen LogP contribution in [0.2, 0.25) is 0 Å². The summed E-state index contributed by atoms with van der Waals surface area (Å²) in [6.45, 7) is 3.12. The summed E-state index contributed by atoms with van der Waals surface area (Å²) in [7, 11) is 5.45. The second kappa shape index (κ2) is 6.69. The number of hydrogen-bond acceptors (Lipinski definition) is 6. The van der Waals surface area contributed by atoms with Crippen LogP contribution in [0.25, 0.3) is 0 Å². The Bertz CT molecular complexity index is 556. The molecule has 1 atom stereocenters. The van der Waals surface area contributed by atoms with Crippen LogP contribution in [0.1, 0.15) is 18.4 Å². The number of rotatable bonds is 7. The van der Waals surface area contributed by atoms with Crippen molar-refractivity contribution in [3.63, 3.8) is 0 Å². The van der Waals surface area contributed by atoms with E-state index >= 15 is 0 Å². The van der Waals surface area contributed by atoms with E-state index in [1.807, 2.05) is 32.3 Å². The number of hydrogen-bond donors (Lipinski definition) is 1. The van der Waals surface area contributed by atoms with Crippen LogP contribution >= 0.6 is 0 Å². The van der Waals surface area contributed by atoms with Gasteiger partial charge < -0.3 is 14.2 Å². The highest BCUT2D eigenvalue weighted by Crippen LogP contribution is 2.21. The number of methoxy groups -OCH3 is 1. The molecule has 0 unspecified atom stereocenters. The smallest absolute Gasteiger partial charge is 0.265 e. The number of benzene rings is 1. The average Bonchev–Trinajstić information content (AvgIpc) is 2.96. The van der Waals surface area contributed by atoms with Crippen LogP contribution in [0.4, 0.5) is 5.95 Å². The van der Waals surface area contributed by atoms with Crippen LogP contribution in [0.15, 0.2) is 34.9 Å². The van der Waals surface area contributed by atoms with Crippen molar-refractivity contribution in [2.45, 2.75) is 19.0 Å². The molecule has 0 aliphatic heterocycles. The molecule has 6 heteroatoms. The van der Waals surface area contributed by atoms with Crippen molar-refractivity contribution in [2.24, 2.45) is 0 Å². The number of ether oxygens (including phenoxy) is 1. The van der Waals surface area contributed by atoms with Gasteiger partial charge in [-0.2, -0.15) is 4.98 Å². The molecule has 0 aliphatic carbocycles. The molecule has 21 heavy (non-hydrogen) atoms. The lowest BCUT2D eigenvalue weighted by Crippen LogP contribution is -2.43. The Hall–Kier alpha value is -1.92. The first-order chi connectivity index (χ1) is 10.0. The van der Waals surface area contributed by atoms with Crippen LogP contribution in [0, 0.1) is 0 Å². The third-order valence-corrected chi connectivity index (χ3v) is 3.33. The Balaban J connectivity index is 2.09.